The fourth-order valence-corrected chi connectivity index (χ4v) is 3.75. The summed E-state index contributed by atoms with van der Waals surface area (Å²) in [6, 6.07) is 2.77. The Kier molecular flexibility index (Phi) is 4.43. The summed E-state index contributed by atoms with van der Waals surface area (Å²) in [4.78, 5) is 17.8. The van der Waals surface area contributed by atoms with Crippen LogP contribution in [-0.2, 0) is 9.53 Å². The van der Waals surface area contributed by atoms with Gasteiger partial charge in [0.2, 0.25) is 5.91 Å². The third kappa shape index (κ3) is 3.38. The summed E-state index contributed by atoms with van der Waals surface area (Å²) in [5.74, 6) is -6.19. The van der Waals surface area contributed by atoms with Crippen molar-refractivity contribution in [2.45, 2.75) is 37.9 Å². The molecule has 154 valence electrons. The number of anilines is 1. The Morgan fingerprint density at radius 2 is 2.14 bits per heavy atom. The summed E-state index contributed by atoms with van der Waals surface area (Å²) in [7, 11) is 0. The van der Waals surface area contributed by atoms with Gasteiger partial charge in [0.1, 0.15) is 5.65 Å². The van der Waals surface area contributed by atoms with Crippen LogP contribution in [0.5, 0.6) is 0 Å². The number of nitrogens with zero attached hydrogens (tertiary/aromatic N) is 3. The third-order valence-electron chi connectivity index (χ3n) is 5.27. The van der Waals surface area contributed by atoms with Gasteiger partial charge in [-0.3, -0.25) is 4.79 Å². The van der Waals surface area contributed by atoms with Crippen LogP contribution in [0, 0.1) is 5.92 Å². The normalized spacial score (nSPS) is 27.5. The Morgan fingerprint density at radius 3 is 2.83 bits per heavy atom. The second kappa shape index (κ2) is 6.60. The van der Waals surface area contributed by atoms with Gasteiger partial charge >= 0.3 is 0 Å². The highest BCUT2D eigenvalue weighted by Crippen LogP contribution is 2.46. The zero-order chi connectivity index (χ0) is 21.0. The monoisotopic (exact) mass is 409 g/mol. The Bertz CT molecular complexity index is 1020. The number of fused-ring (bicyclic) bond motifs is 1. The number of rotatable bonds is 5. The average molecular weight is 409 g/mol. The third-order valence-corrected chi connectivity index (χ3v) is 5.27. The maximum Gasteiger partial charge on any atom is 0.278 e. The Balaban J connectivity index is 1.59. The van der Waals surface area contributed by atoms with Crippen molar-refractivity contribution in [1.82, 2.24) is 9.38 Å². The van der Waals surface area contributed by atoms with E-state index in [1.165, 1.54) is 11.0 Å². The van der Waals surface area contributed by atoms with E-state index in [4.69, 9.17) is 4.74 Å². The van der Waals surface area contributed by atoms with Crippen molar-refractivity contribution in [3.05, 3.63) is 54.5 Å². The van der Waals surface area contributed by atoms with Crippen LogP contribution in [0.15, 0.2) is 54.5 Å². The summed E-state index contributed by atoms with van der Waals surface area (Å²) in [6.07, 6.45) is 7.67. The maximum atomic E-state index is 15.4. The Hall–Kier alpha value is -2.84. The number of hydrogen-bond donors (Lipinski definition) is 0. The molecule has 9 heteroatoms. The molecular formula is C20H19F4N3O2. The minimum Gasteiger partial charge on any atom is -0.484 e. The number of aromatic nitrogens is 2. The molecule has 4 rings (SSSR count). The first-order valence-corrected chi connectivity index (χ1v) is 9.11. The first-order valence-electron chi connectivity index (χ1n) is 9.11. The van der Waals surface area contributed by atoms with Gasteiger partial charge in [-0.25, -0.2) is 22.5 Å². The van der Waals surface area contributed by atoms with E-state index in [0.29, 0.717) is 18.3 Å². The molecule has 2 aromatic heterocycles. The molecule has 0 N–H and O–H groups in total. The summed E-state index contributed by atoms with van der Waals surface area (Å²) < 4.78 is 62.7. The van der Waals surface area contributed by atoms with Crippen LogP contribution < -0.4 is 4.90 Å². The number of β-lactam (4-membered cyclic amide) rings is 1. The SMILES string of the molecule is CC(F)(F)COC1=C(F)C(C)(F)C([C@H]2CC(=O)N2c2ccn3ccnc3c2)C=C1. The molecule has 5 nitrogen and oxygen atoms in total. The highest BCUT2D eigenvalue weighted by atomic mass is 19.3. The van der Waals surface area contributed by atoms with Crippen molar-refractivity contribution >= 4 is 17.2 Å². The summed E-state index contributed by atoms with van der Waals surface area (Å²) in [5.41, 5.74) is -1.36. The number of halogens is 4. The van der Waals surface area contributed by atoms with Crippen LogP contribution >= 0.6 is 0 Å². The van der Waals surface area contributed by atoms with Gasteiger partial charge in [-0.1, -0.05) is 6.08 Å². The minimum absolute atomic E-state index is 0.0463. The van der Waals surface area contributed by atoms with Crippen molar-refractivity contribution < 1.29 is 27.1 Å². The number of amides is 1. The summed E-state index contributed by atoms with van der Waals surface area (Å²) in [6.45, 7) is 0.603. The molecule has 2 aliphatic rings. The second-order valence-electron chi connectivity index (χ2n) is 7.61. The van der Waals surface area contributed by atoms with Gasteiger partial charge in [0, 0.05) is 49.6 Å². The van der Waals surface area contributed by atoms with Gasteiger partial charge in [-0.15, -0.1) is 0 Å². The van der Waals surface area contributed by atoms with Crippen LogP contribution in [0.3, 0.4) is 0 Å². The van der Waals surface area contributed by atoms with E-state index in [1.54, 1.807) is 35.1 Å². The fourth-order valence-electron chi connectivity index (χ4n) is 3.75. The predicted molar refractivity (Wildman–Crippen MR) is 97.9 cm³/mol. The lowest BCUT2D eigenvalue weighted by Crippen LogP contribution is -2.60. The average Bonchev–Trinajstić information content (AvgIpc) is 3.08. The molecule has 1 saturated heterocycles. The number of ether oxygens (including phenoxy) is 1. The van der Waals surface area contributed by atoms with Gasteiger partial charge in [0.25, 0.3) is 5.92 Å². The minimum atomic E-state index is -3.17. The molecule has 0 aromatic carbocycles. The lowest BCUT2D eigenvalue weighted by Gasteiger charge is -2.47. The molecule has 0 bridgehead atoms. The number of alkyl halides is 3. The largest absolute Gasteiger partial charge is 0.484 e. The Labute approximate surface area is 164 Å². The van der Waals surface area contributed by atoms with E-state index in [9.17, 15) is 18.0 Å². The zero-order valence-electron chi connectivity index (χ0n) is 15.8. The van der Waals surface area contributed by atoms with E-state index >= 15 is 4.39 Å². The van der Waals surface area contributed by atoms with Crippen molar-refractivity contribution in [2.75, 3.05) is 11.5 Å². The highest BCUT2D eigenvalue weighted by molar-refractivity contribution is 6.01. The van der Waals surface area contributed by atoms with E-state index in [-0.39, 0.29) is 12.3 Å². The standard InChI is InChI=1S/C20H19F4N3O2/c1-19(22,23)11-29-15-4-3-13(20(2,24)18(15)21)14-10-17(28)27(14)12-5-7-26-8-6-25-16(26)9-12/h3-9,13-14H,10-11H2,1-2H3/t13?,14-,20?/m1/s1. The topological polar surface area (TPSA) is 46.8 Å². The van der Waals surface area contributed by atoms with Gasteiger partial charge in [-0.05, 0) is 19.1 Å². The molecule has 0 saturated carbocycles. The molecule has 29 heavy (non-hydrogen) atoms. The van der Waals surface area contributed by atoms with Gasteiger partial charge in [0.05, 0.1) is 6.04 Å². The lowest BCUT2D eigenvalue weighted by atomic mass is 9.75. The van der Waals surface area contributed by atoms with Crippen LogP contribution in [0.2, 0.25) is 0 Å². The molecule has 1 fully saturated rings. The number of allylic oxidation sites excluding steroid dienone is 2. The molecule has 3 atom stereocenters. The second-order valence-corrected chi connectivity index (χ2v) is 7.61. The molecule has 3 heterocycles. The number of carbonyl (C=O) groups excluding carboxylic acids is 1. The number of pyridine rings is 1. The van der Waals surface area contributed by atoms with Crippen LogP contribution in [0.1, 0.15) is 20.3 Å². The van der Waals surface area contributed by atoms with Crippen molar-refractivity contribution in [3.63, 3.8) is 0 Å². The van der Waals surface area contributed by atoms with Crippen molar-refractivity contribution in [1.29, 1.82) is 0 Å². The first-order chi connectivity index (χ1) is 13.6. The van der Waals surface area contributed by atoms with Gasteiger partial charge < -0.3 is 14.0 Å². The summed E-state index contributed by atoms with van der Waals surface area (Å²) >= 11 is 0. The summed E-state index contributed by atoms with van der Waals surface area (Å²) in [5, 5.41) is 0. The maximum absolute atomic E-state index is 15.4. The van der Waals surface area contributed by atoms with Crippen LogP contribution in [0.4, 0.5) is 23.2 Å². The van der Waals surface area contributed by atoms with Crippen LogP contribution in [-0.4, -0.2) is 39.5 Å². The van der Waals surface area contributed by atoms with Crippen LogP contribution in [0.25, 0.3) is 5.65 Å². The molecule has 1 aliphatic heterocycles. The van der Waals surface area contributed by atoms with Gasteiger partial charge in [0.15, 0.2) is 23.9 Å². The zero-order valence-corrected chi connectivity index (χ0v) is 15.8. The predicted octanol–water partition coefficient (Wildman–Crippen LogP) is 4.21. The van der Waals surface area contributed by atoms with E-state index < -0.39 is 41.7 Å². The van der Waals surface area contributed by atoms with E-state index in [1.807, 2.05) is 0 Å². The number of hydrogen-bond acceptors (Lipinski definition) is 3. The van der Waals surface area contributed by atoms with Crippen molar-refractivity contribution in [2.24, 2.45) is 5.92 Å². The number of imidazole rings is 1. The van der Waals surface area contributed by atoms with E-state index in [0.717, 1.165) is 13.0 Å². The quantitative estimate of drug-likeness (QED) is 0.549. The highest BCUT2D eigenvalue weighted by Gasteiger charge is 2.53. The molecular weight excluding hydrogens is 390 g/mol. The molecule has 2 unspecified atom stereocenters. The molecule has 1 amide bonds. The Morgan fingerprint density at radius 1 is 1.38 bits per heavy atom. The first kappa shape index (κ1) is 19.5. The molecule has 0 radical (unpaired) electrons. The van der Waals surface area contributed by atoms with Gasteiger partial charge in [-0.2, -0.15) is 0 Å². The van der Waals surface area contributed by atoms with E-state index in [2.05, 4.69) is 4.98 Å². The molecule has 2 aromatic rings. The van der Waals surface area contributed by atoms with Crippen molar-refractivity contribution in [3.8, 4) is 0 Å². The lowest BCUT2D eigenvalue weighted by molar-refractivity contribution is -0.125. The fraction of sp³-hybridized carbons (Fsp3) is 0.400. The number of carbonyl (C=O) groups is 1. The smallest absolute Gasteiger partial charge is 0.278 e. The molecule has 0 spiro atoms. The molecule has 1 aliphatic carbocycles.